The van der Waals surface area contributed by atoms with E-state index in [4.69, 9.17) is 0 Å². The van der Waals surface area contributed by atoms with Crippen molar-refractivity contribution in [1.29, 1.82) is 0 Å². The lowest BCUT2D eigenvalue weighted by molar-refractivity contribution is -0.157. The molecule has 2 amide bonds. The van der Waals surface area contributed by atoms with Crippen LogP contribution in [0.5, 0.6) is 0 Å². The molecule has 1 heterocycles. The number of alkyl halides is 3. The average molecular weight is 332 g/mol. The van der Waals surface area contributed by atoms with Crippen LogP contribution < -0.4 is 10.6 Å². The maximum atomic E-state index is 12.2. The zero-order valence-electron chi connectivity index (χ0n) is 11.8. The van der Waals surface area contributed by atoms with E-state index in [0.717, 1.165) is 13.0 Å². The predicted molar refractivity (Wildman–Crippen MR) is 74.2 cm³/mol. The number of nitrogens with zero attached hydrogens (tertiary/aromatic N) is 1. The molecule has 0 radical (unpaired) electrons. The molecule has 124 valence electrons. The number of likely N-dealkylation sites (tertiary alicyclic amines) is 1. The van der Waals surface area contributed by atoms with E-state index in [1.807, 2.05) is 6.92 Å². The Bertz CT molecular complexity index is 353. The Labute approximate surface area is 128 Å². The molecule has 0 saturated carbocycles. The van der Waals surface area contributed by atoms with Crippen LogP contribution in [0.25, 0.3) is 0 Å². The average Bonchev–Trinajstić information content (AvgIpc) is 2.68. The van der Waals surface area contributed by atoms with E-state index in [1.165, 1.54) is 0 Å². The van der Waals surface area contributed by atoms with Crippen LogP contribution in [-0.4, -0.2) is 55.6 Å². The van der Waals surface area contributed by atoms with E-state index in [2.05, 4.69) is 10.6 Å². The fourth-order valence-electron chi connectivity index (χ4n) is 2.04. The van der Waals surface area contributed by atoms with E-state index in [0.29, 0.717) is 18.0 Å². The van der Waals surface area contributed by atoms with Gasteiger partial charge in [0.2, 0.25) is 11.8 Å². The molecule has 1 atom stereocenters. The molecule has 1 aliphatic rings. The fourth-order valence-corrected chi connectivity index (χ4v) is 2.04. The van der Waals surface area contributed by atoms with Crippen LogP contribution >= 0.6 is 12.4 Å². The maximum Gasteiger partial charge on any atom is 0.406 e. The second kappa shape index (κ2) is 9.09. The molecule has 0 aromatic rings. The molecule has 9 heteroatoms. The summed E-state index contributed by atoms with van der Waals surface area (Å²) in [5, 5.41) is 5.71. The van der Waals surface area contributed by atoms with Crippen LogP contribution in [0.1, 0.15) is 19.8 Å². The molecule has 0 bridgehead atoms. The van der Waals surface area contributed by atoms with Gasteiger partial charge in [-0.15, -0.1) is 12.4 Å². The normalized spacial score (nSPS) is 18.6. The minimum Gasteiger partial charge on any atom is -0.355 e. The highest BCUT2D eigenvalue weighted by atomic mass is 35.5. The lowest BCUT2D eigenvalue weighted by atomic mass is 10.1. The third kappa shape index (κ3) is 7.52. The Morgan fingerprint density at radius 1 is 1.33 bits per heavy atom. The molecule has 2 N–H and O–H groups in total. The summed E-state index contributed by atoms with van der Waals surface area (Å²) in [6.07, 6.45) is -3.59. The van der Waals surface area contributed by atoms with E-state index in [-0.39, 0.29) is 31.3 Å². The molecule has 1 fully saturated rings. The zero-order valence-corrected chi connectivity index (χ0v) is 12.6. The van der Waals surface area contributed by atoms with Crippen LogP contribution in [0.15, 0.2) is 0 Å². The van der Waals surface area contributed by atoms with Crippen molar-refractivity contribution in [2.24, 2.45) is 5.92 Å². The van der Waals surface area contributed by atoms with Crippen molar-refractivity contribution in [3.8, 4) is 0 Å². The molecular formula is C12H21ClF3N3O2. The second-order valence-electron chi connectivity index (χ2n) is 4.83. The van der Waals surface area contributed by atoms with E-state index in [1.54, 1.807) is 0 Å². The predicted octanol–water partition coefficient (Wildman–Crippen LogP) is 0.935. The van der Waals surface area contributed by atoms with Gasteiger partial charge >= 0.3 is 6.18 Å². The van der Waals surface area contributed by atoms with Crippen molar-refractivity contribution in [3.05, 3.63) is 0 Å². The molecule has 1 aliphatic heterocycles. The standard InChI is InChI=1S/C12H20F3N3O2.ClH/c1-2-3-16-4-5-17-11(20)9-6-10(19)18(7-9)8-12(13,14)15;/h9,16H,2-8H2,1H3,(H,17,20);1H. The zero-order chi connectivity index (χ0) is 15.2. The smallest absolute Gasteiger partial charge is 0.355 e. The summed E-state index contributed by atoms with van der Waals surface area (Å²) in [5.41, 5.74) is 0. The lowest BCUT2D eigenvalue weighted by Crippen LogP contribution is -2.38. The molecule has 0 aromatic carbocycles. The van der Waals surface area contributed by atoms with Crippen LogP contribution in [0.2, 0.25) is 0 Å². The van der Waals surface area contributed by atoms with Gasteiger partial charge in [0.1, 0.15) is 6.54 Å². The summed E-state index contributed by atoms with van der Waals surface area (Å²) in [7, 11) is 0. The van der Waals surface area contributed by atoms with Gasteiger partial charge in [-0.05, 0) is 13.0 Å². The topological polar surface area (TPSA) is 61.4 Å². The summed E-state index contributed by atoms with van der Waals surface area (Å²) in [6, 6.07) is 0. The monoisotopic (exact) mass is 331 g/mol. The Morgan fingerprint density at radius 3 is 2.57 bits per heavy atom. The van der Waals surface area contributed by atoms with E-state index >= 15 is 0 Å². The van der Waals surface area contributed by atoms with Crippen LogP contribution in [0, 0.1) is 5.92 Å². The van der Waals surface area contributed by atoms with Gasteiger partial charge < -0.3 is 15.5 Å². The maximum absolute atomic E-state index is 12.2. The Morgan fingerprint density at radius 2 is 2.00 bits per heavy atom. The Kier molecular flexibility index (Phi) is 8.65. The minimum absolute atomic E-state index is 0. The van der Waals surface area contributed by atoms with Gasteiger partial charge in [0.05, 0.1) is 5.92 Å². The fraction of sp³-hybridized carbons (Fsp3) is 0.833. The first-order valence-electron chi connectivity index (χ1n) is 6.66. The van der Waals surface area contributed by atoms with Gasteiger partial charge in [0, 0.05) is 26.1 Å². The number of hydrogen-bond donors (Lipinski definition) is 2. The largest absolute Gasteiger partial charge is 0.406 e. The van der Waals surface area contributed by atoms with Gasteiger partial charge in [0.25, 0.3) is 0 Å². The second-order valence-corrected chi connectivity index (χ2v) is 4.83. The highest BCUT2D eigenvalue weighted by Crippen LogP contribution is 2.23. The number of rotatable bonds is 7. The SMILES string of the molecule is CCCNCCNC(=O)C1CC(=O)N(CC(F)(F)F)C1.Cl. The van der Waals surface area contributed by atoms with Crippen molar-refractivity contribution in [2.75, 3.05) is 32.7 Å². The summed E-state index contributed by atoms with van der Waals surface area (Å²) in [4.78, 5) is 23.8. The highest BCUT2D eigenvalue weighted by Gasteiger charge is 2.40. The molecule has 21 heavy (non-hydrogen) atoms. The molecule has 5 nitrogen and oxygen atoms in total. The summed E-state index contributed by atoms with van der Waals surface area (Å²) in [5.74, 6) is -1.66. The van der Waals surface area contributed by atoms with Crippen molar-refractivity contribution in [3.63, 3.8) is 0 Å². The number of amides is 2. The van der Waals surface area contributed by atoms with Gasteiger partial charge in [-0.25, -0.2) is 0 Å². The molecule has 1 saturated heterocycles. The molecule has 1 unspecified atom stereocenters. The molecule has 0 aromatic heterocycles. The summed E-state index contributed by atoms with van der Waals surface area (Å²) < 4.78 is 36.7. The molecule has 0 aliphatic carbocycles. The first-order chi connectivity index (χ1) is 9.33. The van der Waals surface area contributed by atoms with Gasteiger partial charge in [-0.3, -0.25) is 9.59 Å². The first-order valence-corrected chi connectivity index (χ1v) is 6.66. The van der Waals surface area contributed by atoms with Crippen LogP contribution in [0.3, 0.4) is 0 Å². The Hall–Kier alpha value is -1.02. The number of carbonyl (C=O) groups is 2. The third-order valence-electron chi connectivity index (χ3n) is 2.98. The summed E-state index contributed by atoms with van der Waals surface area (Å²) >= 11 is 0. The highest BCUT2D eigenvalue weighted by molar-refractivity contribution is 5.89. The molecule has 0 spiro atoms. The molecule has 1 rings (SSSR count). The van der Waals surface area contributed by atoms with E-state index in [9.17, 15) is 22.8 Å². The third-order valence-corrected chi connectivity index (χ3v) is 2.98. The van der Waals surface area contributed by atoms with Crippen molar-refractivity contribution in [1.82, 2.24) is 15.5 Å². The van der Waals surface area contributed by atoms with Gasteiger partial charge in [-0.2, -0.15) is 13.2 Å². The van der Waals surface area contributed by atoms with Gasteiger partial charge in [-0.1, -0.05) is 6.92 Å². The van der Waals surface area contributed by atoms with Crippen LogP contribution in [-0.2, 0) is 9.59 Å². The lowest BCUT2D eigenvalue weighted by Gasteiger charge is -2.18. The number of hydrogen-bond acceptors (Lipinski definition) is 3. The van der Waals surface area contributed by atoms with Gasteiger partial charge in [0.15, 0.2) is 0 Å². The quantitative estimate of drug-likeness (QED) is 0.682. The first kappa shape index (κ1) is 20.0. The Balaban J connectivity index is 0.00000400. The van der Waals surface area contributed by atoms with Crippen LogP contribution in [0.4, 0.5) is 13.2 Å². The minimum atomic E-state index is -4.43. The number of carbonyl (C=O) groups excluding carboxylic acids is 2. The van der Waals surface area contributed by atoms with Crippen molar-refractivity contribution < 1.29 is 22.8 Å². The number of nitrogens with one attached hydrogen (secondary N) is 2. The summed E-state index contributed by atoms with van der Waals surface area (Å²) in [6.45, 7) is 2.43. The molecular weight excluding hydrogens is 311 g/mol. The van der Waals surface area contributed by atoms with E-state index < -0.39 is 24.5 Å². The van der Waals surface area contributed by atoms with Crippen molar-refractivity contribution >= 4 is 24.2 Å². The number of halogens is 4. The van der Waals surface area contributed by atoms with Crippen molar-refractivity contribution in [2.45, 2.75) is 25.9 Å².